The van der Waals surface area contributed by atoms with Crippen LogP contribution in [-0.2, 0) is 6.61 Å². The van der Waals surface area contributed by atoms with Crippen LogP contribution in [0.1, 0.15) is 15.9 Å². The number of fused-ring (bicyclic) bond motifs is 1. The van der Waals surface area contributed by atoms with E-state index < -0.39 is 0 Å². The van der Waals surface area contributed by atoms with Crippen molar-refractivity contribution in [1.29, 1.82) is 0 Å². The number of aliphatic hydroxyl groups excluding tert-OH is 1. The van der Waals surface area contributed by atoms with Gasteiger partial charge in [-0.1, -0.05) is 0 Å². The average Bonchev–Trinajstić information content (AvgIpc) is 2.63. The highest BCUT2D eigenvalue weighted by molar-refractivity contribution is 5.86. The topological polar surface area (TPSA) is 66.0 Å². The molecule has 13 heavy (non-hydrogen) atoms. The minimum absolute atomic E-state index is 0.108. The molecule has 2 N–H and O–H groups in total. The van der Waals surface area contributed by atoms with Gasteiger partial charge in [0.05, 0.1) is 24.0 Å². The van der Waals surface area contributed by atoms with E-state index in [1.807, 2.05) is 0 Å². The number of hydrogen-bond acceptors (Lipinski definition) is 3. The molecule has 0 saturated heterocycles. The Hall–Kier alpha value is -1.68. The van der Waals surface area contributed by atoms with Gasteiger partial charge in [0.15, 0.2) is 0 Å². The second-order valence-electron chi connectivity index (χ2n) is 2.75. The van der Waals surface area contributed by atoms with Crippen LogP contribution < -0.4 is 0 Å². The number of aliphatic hydroxyl groups is 1. The van der Waals surface area contributed by atoms with Gasteiger partial charge in [-0.15, -0.1) is 0 Å². The number of nitrogens with one attached hydrogen (secondary N) is 1. The van der Waals surface area contributed by atoms with Crippen molar-refractivity contribution in [2.24, 2.45) is 0 Å². The molecule has 0 aliphatic carbocycles. The van der Waals surface area contributed by atoms with Crippen molar-refractivity contribution in [2.75, 3.05) is 0 Å². The second kappa shape index (κ2) is 2.99. The Morgan fingerprint density at radius 2 is 2.38 bits per heavy atom. The van der Waals surface area contributed by atoms with Crippen LogP contribution in [0.3, 0.4) is 0 Å². The number of hydrogen-bond donors (Lipinski definition) is 2. The maximum atomic E-state index is 10.5. The first-order chi connectivity index (χ1) is 6.35. The summed E-state index contributed by atoms with van der Waals surface area (Å²) in [5.74, 6) is 0. The van der Waals surface area contributed by atoms with Crippen LogP contribution in [0.2, 0.25) is 0 Å². The van der Waals surface area contributed by atoms with Crippen molar-refractivity contribution in [3.63, 3.8) is 0 Å². The summed E-state index contributed by atoms with van der Waals surface area (Å²) in [5, 5.41) is 9.00. The van der Waals surface area contributed by atoms with Gasteiger partial charge >= 0.3 is 0 Å². The Labute approximate surface area is 74.2 Å². The highest BCUT2D eigenvalue weighted by Gasteiger charge is 2.04. The van der Waals surface area contributed by atoms with E-state index in [0.29, 0.717) is 16.6 Å². The fourth-order valence-corrected chi connectivity index (χ4v) is 1.34. The molecule has 0 amide bonds. The highest BCUT2D eigenvalue weighted by atomic mass is 16.3. The molecule has 4 nitrogen and oxygen atoms in total. The van der Waals surface area contributed by atoms with Crippen LogP contribution in [0.4, 0.5) is 0 Å². The van der Waals surface area contributed by atoms with Gasteiger partial charge in [-0.3, -0.25) is 4.79 Å². The number of H-pyrrole nitrogens is 1. The zero-order chi connectivity index (χ0) is 9.26. The summed E-state index contributed by atoms with van der Waals surface area (Å²) in [6.07, 6.45) is 2.29. The van der Waals surface area contributed by atoms with Crippen molar-refractivity contribution in [3.8, 4) is 0 Å². The number of aromatic nitrogens is 2. The van der Waals surface area contributed by atoms with E-state index in [1.165, 1.54) is 0 Å². The van der Waals surface area contributed by atoms with Crippen molar-refractivity contribution in [1.82, 2.24) is 9.97 Å². The summed E-state index contributed by atoms with van der Waals surface area (Å²) in [5.41, 5.74) is 2.70. The van der Waals surface area contributed by atoms with Crippen LogP contribution in [0.25, 0.3) is 11.0 Å². The first-order valence-electron chi connectivity index (χ1n) is 3.87. The predicted octanol–water partition coefficient (Wildman–Crippen LogP) is 0.868. The molecule has 0 bridgehead atoms. The smallest absolute Gasteiger partial charge is 0.150 e. The van der Waals surface area contributed by atoms with E-state index in [1.54, 1.807) is 18.5 Å². The highest BCUT2D eigenvalue weighted by Crippen LogP contribution is 2.16. The summed E-state index contributed by atoms with van der Waals surface area (Å²) in [4.78, 5) is 17.4. The number of nitrogens with zero attached hydrogens (tertiary/aromatic N) is 1. The van der Waals surface area contributed by atoms with E-state index in [9.17, 15) is 4.79 Å². The molecule has 0 unspecified atom stereocenters. The fourth-order valence-electron chi connectivity index (χ4n) is 1.34. The van der Waals surface area contributed by atoms with Crippen LogP contribution in [0, 0.1) is 0 Å². The van der Waals surface area contributed by atoms with E-state index in [-0.39, 0.29) is 6.61 Å². The van der Waals surface area contributed by atoms with Crippen molar-refractivity contribution < 1.29 is 9.90 Å². The lowest BCUT2D eigenvalue weighted by atomic mass is 10.1. The summed E-state index contributed by atoms with van der Waals surface area (Å²) < 4.78 is 0. The zero-order valence-corrected chi connectivity index (χ0v) is 6.82. The van der Waals surface area contributed by atoms with Gasteiger partial charge < -0.3 is 10.1 Å². The third kappa shape index (κ3) is 1.21. The Morgan fingerprint density at radius 1 is 1.54 bits per heavy atom. The number of rotatable bonds is 2. The van der Waals surface area contributed by atoms with E-state index in [2.05, 4.69) is 9.97 Å². The van der Waals surface area contributed by atoms with E-state index >= 15 is 0 Å². The van der Waals surface area contributed by atoms with E-state index in [4.69, 9.17) is 5.11 Å². The second-order valence-corrected chi connectivity index (χ2v) is 2.75. The Morgan fingerprint density at radius 3 is 3.08 bits per heavy atom. The van der Waals surface area contributed by atoms with Gasteiger partial charge in [-0.05, 0) is 12.1 Å². The number of aromatic amines is 1. The summed E-state index contributed by atoms with van der Waals surface area (Å²) in [6.45, 7) is -0.108. The Kier molecular flexibility index (Phi) is 1.83. The van der Waals surface area contributed by atoms with Gasteiger partial charge in [-0.25, -0.2) is 4.98 Å². The molecule has 0 fully saturated rings. The summed E-state index contributed by atoms with van der Waals surface area (Å²) in [7, 11) is 0. The maximum absolute atomic E-state index is 10.5. The molecule has 1 aromatic carbocycles. The van der Waals surface area contributed by atoms with Crippen LogP contribution in [0.5, 0.6) is 0 Å². The molecule has 0 radical (unpaired) electrons. The van der Waals surface area contributed by atoms with Gasteiger partial charge in [-0.2, -0.15) is 0 Å². The van der Waals surface area contributed by atoms with Crippen LogP contribution in [-0.4, -0.2) is 21.4 Å². The van der Waals surface area contributed by atoms with E-state index in [0.717, 1.165) is 11.8 Å². The summed E-state index contributed by atoms with van der Waals surface area (Å²) >= 11 is 0. The lowest BCUT2D eigenvalue weighted by Crippen LogP contribution is -1.89. The molecule has 0 atom stereocenters. The molecule has 2 rings (SSSR count). The molecule has 0 aliphatic rings. The van der Waals surface area contributed by atoms with Crippen molar-refractivity contribution in [2.45, 2.75) is 6.61 Å². The molecule has 0 aliphatic heterocycles. The lowest BCUT2D eigenvalue weighted by Gasteiger charge is -1.98. The van der Waals surface area contributed by atoms with Crippen molar-refractivity contribution >= 4 is 17.3 Å². The first kappa shape index (κ1) is 7.94. The fraction of sp³-hybridized carbons (Fsp3) is 0.111. The molecule has 1 heterocycles. The quantitative estimate of drug-likeness (QED) is 0.667. The van der Waals surface area contributed by atoms with Crippen LogP contribution >= 0.6 is 0 Å². The number of aldehydes is 1. The zero-order valence-electron chi connectivity index (χ0n) is 6.82. The minimum Gasteiger partial charge on any atom is -0.392 e. The van der Waals surface area contributed by atoms with Gasteiger partial charge in [0, 0.05) is 11.1 Å². The van der Waals surface area contributed by atoms with Gasteiger partial charge in [0.2, 0.25) is 0 Å². The average molecular weight is 176 g/mol. The molecule has 66 valence electrons. The van der Waals surface area contributed by atoms with Gasteiger partial charge in [0.1, 0.15) is 6.29 Å². The summed E-state index contributed by atoms with van der Waals surface area (Å²) in [6, 6.07) is 3.34. The first-order valence-corrected chi connectivity index (χ1v) is 3.87. The molecular formula is C9H8N2O2. The predicted molar refractivity (Wildman–Crippen MR) is 47.4 cm³/mol. The molecule has 1 aromatic heterocycles. The number of benzene rings is 1. The maximum Gasteiger partial charge on any atom is 0.150 e. The monoisotopic (exact) mass is 176 g/mol. The SMILES string of the molecule is O=Cc1cc(CO)c2nc[nH]c2c1. The largest absolute Gasteiger partial charge is 0.392 e. The molecule has 4 heteroatoms. The Bertz CT molecular complexity index is 448. The molecule has 0 spiro atoms. The molecule has 2 aromatic rings. The number of imidazole rings is 1. The number of carbonyl (C=O) groups is 1. The number of carbonyl (C=O) groups excluding carboxylic acids is 1. The minimum atomic E-state index is -0.108. The normalized spacial score (nSPS) is 10.5. The van der Waals surface area contributed by atoms with Crippen molar-refractivity contribution in [3.05, 3.63) is 29.6 Å². The molecular weight excluding hydrogens is 168 g/mol. The molecule has 0 saturated carbocycles. The third-order valence-corrected chi connectivity index (χ3v) is 1.93. The standard InChI is InChI=1S/C9H8N2O2/c12-3-6-1-7(4-13)9-8(2-6)10-5-11-9/h1-3,5,13H,4H2,(H,10,11). The Balaban J connectivity index is 2.77. The van der Waals surface area contributed by atoms with Gasteiger partial charge in [0.25, 0.3) is 0 Å². The third-order valence-electron chi connectivity index (χ3n) is 1.93. The lowest BCUT2D eigenvalue weighted by molar-refractivity contribution is 0.112. The van der Waals surface area contributed by atoms with Crippen LogP contribution in [0.15, 0.2) is 18.5 Å².